The smallest absolute Gasteiger partial charge is 0.116 e. The van der Waals surface area contributed by atoms with Crippen molar-refractivity contribution in [1.82, 2.24) is 9.97 Å². The van der Waals surface area contributed by atoms with E-state index in [1.807, 2.05) is 23.6 Å². The lowest BCUT2D eigenvalue weighted by molar-refractivity contribution is 0.967. The van der Waals surface area contributed by atoms with E-state index in [0.717, 1.165) is 16.3 Å². The Morgan fingerprint density at radius 3 is 2.86 bits per heavy atom. The van der Waals surface area contributed by atoms with Gasteiger partial charge in [-0.3, -0.25) is 0 Å². The van der Waals surface area contributed by atoms with Gasteiger partial charge in [-0.25, -0.2) is 9.97 Å². The second-order valence-electron chi connectivity index (χ2n) is 2.58. The molecule has 3 nitrogen and oxygen atoms in total. The molecule has 0 saturated heterocycles. The van der Waals surface area contributed by atoms with Crippen molar-refractivity contribution >= 4 is 23.7 Å². The highest BCUT2D eigenvalue weighted by molar-refractivity contribution is 7.13. The van der Waals surface area contributed by atoms with Gasteiger partial charge in [0.15, 0.2) is 0 Å². The Labute approximate surface area is 92.4 Å². The number of nitrogens with two attached hydrogens (primary N) is 1. The molecular formula is C9H10ClN3S. The van der Waals surface area contributed by atoms with Crippen LogP contribution in [-0.4, -0.2) is 9.97 Å². The molecule has 0 saturated carbocycles. The van der Waals surface area contributed by atoms with Crippen LogP contribution in [0, 0.1) is 0 Å². The first kappa shape index (κ1) is 11.1. The Balaban J connectivity index is 0.000000980. The van der Waals surface area contributed by atoms with E-state index < -0.39 is 0 Å². The quantitative estimate of drug-likeness (QED) is 0.855. The van der Waals surface area contributed by atoms with Crippen LogP contribution in [0.2, 0.25) is 0 Å². The third kappa shape index (κ3) is 2.29. The Hall–Kier alpha value is -0.970. The van der Waals surface area contributed by atoms with E-state index in [1.54, 1.807) is 17.7 Å². The number of nitrogens with zero attached hydrogens (tertiary/aromatic N) is 2. The first-order chi connectivity index (χ1) is 6.40. The van der Waals surface area contributed by atoms with Gasteiger partial charge in [-0.15, -0.1) is 23.7 Å². The Morgan fingerprint density at radius 2 is 2.21 bits per heavy atom. The molecule has 0 unspecified atom stereocenters. The molecule has 0 atom stereocenters. The van der Waals surface area contributed by atoms with Gasteiger partial charge in [0.05, 0.1) is 16.3 Å². The molecule has 0 aliphatic heterocycles. The van der Waals surface area contributed by atoms with Crippen molar-refractivity contribution in [3.05, 3.63) is 35.6 Å². The summed E-state index contributed by atoms with van der Waals surface area (Å²) in [5.41, 5.74) is 7.31. The van der Waals surface area contributed by atoms with Crippen molar-refractivity contribution in [3.8, 4) is 10.6 Å². The Morgan fingerprint density at radius 1 is 1.36 bits per heavy atom. The first-order valence-electron chi connectivity index (χ1n) is 3.95. The topological polar surface area (TPSA) is 51.8 Å². The highest BCUT2D eigenvalue weighted by atomic mass is 35.5. The van der Waals surface area contributed by atoms with Crippen LogP contribution in [0.4, 0.5) is 0 Å². The van der Waals surface area contributed by atoms with E-state index in [9.17, 15) is 0 Å². The van der Waals surface area contributed by atoms with Crippen molar-refractivity contribution in [2.24, 2.45) is 5.73 Å². The van der Waals surface area contributed by atoms with Gasteiger partial charge in [-0.05, 0) is 17.5 Å². The molecule has 0 amide bonds. The number of aromatic nitrogens is 2. The van der Waals surface area contributed by atoms with Gasteiger partial charge in [-0.1, -0.05) is 6.07 Å². The molecule has 0 fully saturated rings. The molecule has 2 N–H and O–H groups in total. The summed E-state index contributed by atoms with van der Waals surface area (Å²) in [7, 11) is 0. The maximum atomic E-state index is 5.49. The lowest BCUT2D eigenvalue weighted by Crippen LogP contribution is -1.99. The average Bonchev–Trinajstić information content (AvgIpc) is 2.71. The van der Waals surface area contributed by atoms with Gasteiger partial charge in [-0.2, -0.15) is 0 Å². The highest BCUT2D eigenvalue weighted by Gasteiger charge is 2.00. The summed E-state index contributed by atoms with van der Waals surface area (Å²) >= 11 is 1.66. The third-order valence-electron chi connectivity index (χ3n) is 1.71. The maximum absolute atomic E-state index is 5.49. The predicted molar refractivity (Wildman–Crippen MR) is 60.5 cm³/mol. The minimum atomic E-state index is 0. The monoisotopic (exact) mass is 227 g/mol. The van der Waals surface area contributed by atoms with Gasteiger partial charge < -0.3 is 5.73 Å². The van der Waals surface area contributed by atoms with E-state index >= 15 is 0 Å². The molecule has 0 aliphatic carbocycles. The number of rotatable bonds is 2. The molecule has 0 aromatic carbocycles. The lowest BCUT2D eigenvalue weighted by atomic mass is 10.3. The van der Waals surface area contributed by atoms with Gasteiger partial charge >= 0.3 is 0 Å². The molecule has 5 heteroatoms. The van der Waals surface area contributed by atoms with Crippen molar-refractivity contribution < 1.29 is 0 Å². The van der Waals surface area contributed by atoms with Crippen LogP contribution in [0.25, 0.3) is 10.6 Å². The van der Waals surface area contributed by atoms with Crippen LogP contribution < -0.4 is 5.73 Å². The van der Waals surface area contributed by atoms with Crippen LogP contribution in [0.3, 0.4) is 0 Å². The number of hydrogen-bond acceptors (Lipinski definition) is 4. The van der Waals surface area contributed by atoms with Crippen LogP contribution in [0.15, 0.2) is 29.9 Å². The molecular weight excluding hydrogens is 218 g/mol. The van der Waals surface area contributed by atoms with Crippen LogP contribution in [0.1, 0.15) is 5.69 Å². The summed E-state index contributed by atoms with van der Waals surface area (Å²) in [5.74, 6) is 0. The second-order valence-corrected chi connectivity index (χ2v) is 3.52. The zero-order valence-corrected chi connectivity index (χ0v) is 9.02. The third-order valence-corrected chi connectivity index (χ3v) is 2.60. The van der Waals surface area contributed by atoms with Crippen molar-refractivity contribution in [2.45, 2.75) is 6.54 Å². The highest BCUT2D eigenvalue weighted by Crippen LogP contribution is 2.22. The zero-order valence-electron chi connectivity index (χ0n) is 7.38. The molecule has 0 aliphatic rings. The fourth-order valence-electron chi connectivity index (χ4n) is 1.07. The van der Waals surface area contributed by atoms with Crippen molar-refractivity contribution in [2.75, 3.05) is 0 Å². The summed E-state index contributed by atoms with van der Waals surface area (Å²) in [6.45, 7) is 0.459. The van der Waals surface area contributed by atoms with Crippen LogP contribution in [-0.2, 0) is 6.54 Å². The normalized spacial score (nSPS) is 9.50. The van der Waals surface area contributed by atoms with E-state index in [4.69, 9.17) is 5.73 Å². The first-order valence-corrected chi connectivity index (χ1v) is 4.83. The van der Waals surface area contributed by atoms with Gasteiger partial charge in [0.2, 0.25) is 0 Å². The summed E-state index contributed by atoms with van der Waals surface area (Å²) in [5, 5.41) is 2.03. The molecule has 2 aromatic heterocycles. The predicted octanol–water partition coefficient (Wildman–Crippen LogP) is 2.09. The molecule has 0 spiro atoms. The summed E-state index contributed by atoms with van der Waals surface area (Å²) < 4.78 is 0. The molecule has 0 bridgehead atoms. The van der Waals surface area contributed by atoms with E-state index in [2.05, 4.69) is 9.97 Å². The van der Waals surface area contributed by atoms with E-state index in [1.165, 1.54) is 0 Å². The fraction of sp³-hybridized carbons (Fsp3) is 0.111. The second kappa shape index (κ2) is 5.05. The zero-order chi connectivity index (χ0) is 9.10. The van der Waals surface area contributed by atoms with Gasteiger partial charge in [0, 0.05) is 6.54 Å². The summed E-state index contributed by atoms with van der Waals surface area (Å²) in [4.78, 5) is 9.36. The molecule has 2 rings (SSSR count). The minimum Gasteiger partial charge on any atom is -0.325 e. The van der Waals surface area contributed by atoms with Crippen molar-refractivity contribution in [1.29, 1.82) is 0 Å². The average molecular weight is 228 g/mol. The van der Waals surface area contributed by atoms with Gasteiger partial charge in [0.1, 0.15) is 6.33 Å². The van der Waals surface area contributed by atoms with E-state index in [-0.39, 0.29) is 12.4 Å². The molecule has 74 valence electrons. The number of halogens is 1. The maximum Gasteiger partial charge on any atom is 0.116 e. The van der Waals surface area contributed by atoms with Gasteiger partial charge in [0.25, 0.3) is 0 Å². The Kier molecular flexibility index (Phi) is 4.00. The molecule has 0 radical (unpaired) electrons. The summed E-state index contributed by atoms with van der Waals surface area (Å²) in [6.07, 6.45) is 1.55. The van der Waals surface area contributed by atoms with E-state index in [0.29, 0.717) is 6.54 Å². The number of hydrogen-bond donors (Lipinski definition) is 1. The molecule has 2 aromatic rings. The minimum absolute atomic E-state index is 0. The summed E-state index contributed by atoms with van der Waals surface area (Å²) in [6, 6.07) is 5.96. The Bertz CT molecular complexity index is 389. The molecule has 14 heavy (non-hydrogen) atoms. The number of thiophene rings is 1. The van der Waals surface area contributed by atoms with Crippen LogP contribution >= 0.6 is 23.7 Å². The SMILES string of the molecule is Cl.NCc1cc(-c2cccs2)ncn1. The largest absolute Gasteiger partial charge is 0.325 e. The standard InChI is InChI=1S/C9H9N3S.ClH/c10-5-7-4-8(12-6-11-7)9-2-1-3-13-9;/h1-4,6H,5,10H2;1H. The lowest BCUT2D eigenvalue weighted by Gasteiger charge is -1.98. The fourth-order valence-corrected chi connectivity index (χ4v) is 1.76. The molecule has 2 heterocycles. The van der Waals surface area contributed by atoms with Crippen LogP contribution in [0.5, 0.6) is 0 Å². The van der Waals surface area contributed by atoms with Crippen molar-refractivity contribution in [3.63, 3.8) is 0 Å².